The van der Waals surface area contributed by atoms with Crippen LogP contribution in [0.3, 0.4) is 0 Å². The van der Waals surface area contributed by atoms with Gasteiger partial charge in [0.25, 0.3) is 5.91 Å². The van der Waals surface area contributed by atoms with E-state index in [4.69, 9.17) is 5.11 Å². The Morgan fingerprint density at radius 2 is 1.93 bits per heavy atom. The number of fused-ring (bicyclic) bond motifs is 1. The molecule has 0 radical (unpaired) electrons. The monoisotopic (exact) mass is 189 g/mol. The van der Waals surface area contributed by atoms with Crippen LogP contribution < -0.4 is 5.32 Å². The van der Waals surface area contributed by atoms with Crippen molar-refractivity contribution in [3.63, 3.8) is 0 Å². The van der Waals surface area contributed by atoms with E-state index in [1.54, 1.807) is 24.3 Å². The molecule has 4 nitrogen and oxygen atoms in total. The number of aliphatic hydroxyl groups excluding tert-OH is 1. The fourth-order valence-corrected chi connectivity index (χ4v) is 1.35. The molecule has 4 heteroatoms. The molecule has 1 amide bonds. The van der Waals surface area contributed by atoms with Crippen LogP contribution in [0, 0.1) is 0 Å². The van der Waals surface area contributed by atoms with Crippen molar-refractivity contribution in [2.75, 3.05) is 5.32 Å². The quantitative estimate of drug-likeness (QED) is 0.367. The van der Waals surface area contributed by atoms with Gasteiger partial charge >= 0.3 is 0 Å². The summed E-state index contributed by atoms with van der Waals surface area (Å²) in [5.74, 6) is -1.02. The van der Waals surface area contributed by atoms with Gasteiger partial charge in [0.2, 0.25) is 5.78 Å². The summed E-state index contributed by atoms with van der Waals surface area (Å²) in [4.78, 5) is 22.8. The Balaban J connectivity index is 2.60. The molecule has 2 rings (SSSR count). The molecule has 1 aromatic rings. The molecule has 70 valence electrons. The number of hydrogen-bond acceptors (Lipinski definition) is 3. The molecule has 0 saturated heterocycles. The minimum atomic E-state index is -0.573. The van der Waals surface area contributed by atoms with Gasteiger partial charge in [0.05, 0.1) is 11.9 Å². The first-order valence-electron chi connectivity index (χ1n) is 4.03. The number of para-hydroxylation sites is 1. The van der Waals surface area contributed by atoms with E-state index in [9.17, 15) is 9.59 Å². The summed E-state index contributed by atoms with van der Waals surface area (Å²) in [5.41, 5.74) is 0.643. The van der Waals surface area contributed by atoms with Gasteiger partial charge in [0.1, 0.15) is 5.57 Å². The van der Waals surface area contributed by atoms with E-state index in [0.717, 1.165) is 0 Å². The van der Waals surface area contributed by atoms with Crippen molar-refractivity contribution in [3.8, 4) is 0 Å². The Morgan fingerprint density at radius 1 is 1.21 bits per heavy atom. The van der Waals surface area contributed by atoms with Crippen LogP contribution in [0.25, 0.3) is 0 Å². The van der Waals surface area contributed by atoms with Crippen LogP contribution in [0.1, 0.15) is 10.4 Å². The number of amides is 1. The second-order valence-electron chi connectivity index (χ2n) is 2.87. The lowest BCUT2D eigenvalue weighted by molar-refractivity contribution is -0.112. The molecule has 1 aliphatic heterocycles. The molecule has 0 aliphatic carbocycles. The maximum Gasteiger partial charge on any atom is 0.262 e. The Labute approximate surface area is 79.9 Å². The van der Waals surface area contributed by atoms with Crippen molar-refractivity contribution < 1.29 is 14.7 Å². The Hall–Kier alpha value is -2.10. The average Bonchev–Trinajstić information content (AvgIpc) is 2.18. The Bertz CT molecular complexity index is 448. The van der Waals surface area contributed by atoms with Gasteiger partial charge in [-0.25, -0.2) is 0 Å². The highest BCUT2D eigenvalue weighted by Gasteiger charge is 2.27. The zero-order valence-electron chi connectivity index (χ0n) is 7.15. The first-order chi connectivity index (χ1) is 6.74. The summed E-state index contributed by atoms with van der Waals surface area (Å²) >= 11 is 0. The molecule has 0 unspecified atom stereocenters. The van der Waals surface area contributed by atoms with Gasteiger partial charge in [-0.3, -0.25) is 9.59 Å². The van der Waals surface area contributed by atoms with Crippen molar-refractivity contribution in [3.05, 3.63) is 41.7 Å². The molecule has 1 aliphatic rings. The summed E-state index contributed by atoms with van der Waals surface area (Å²) in [6.45, 7) is 0. The van der Waals surface area contributed by atoms with E-state index in [0.29, 0.717) is 17.5 Å². The third-order valence-electron chi connectivity index (χ3n) is 2.04. The van der Waals surface area contributed by atoms with Crippen molar-refractivity contribution in [2.24, 2.45) is 0 Å². The number of anilines is 1. The molecule has 1 aromatic carbocycles. The van der Waals surface area contributed by atoms with Crippen molar-refractivity contribution in [1.82, 2.24) is 0 Å². The SMILES string of the molecule is O=C1Nc2ccccc2C(=O)/C1=C/O. The van der Waals surface area contributed by atoms with Crippen LogP contribution in [0.5, 0.6) is 0 Å². The molecule has 2 N–H and O–H groups in total. The van der Waals surface area contributed by atoms with Gasteiger partial charge in [-0.1, -0.05) is 12.1 Å². The van der Waals surface area contributed by atoms with Gasteiger partial charge in [-0.15, -0.1) is 0 Å². The maximum absolute atomic E-state index is 11.6. The number of rotatable bonds is 0. The third-order valence-corrected chi connectivity index (χ3v) is 2.04. The third kappa shape index (κ3) is 1.08. The van der Waals surface area contributed by atoms with Crippen LogP contribution in [0.15, 0.2) is 36.1 Å². The lowest BCUT2D eigenvalue weighted by Crippen LogP contribution is -2.27. The minimum Gasteiger partial charge on any atom is -0.515 e. The standard InChI is InChI=1S/C10H7NO3/c12-5-7-9(13)6-3-1-2-4-8(6)11-10(7)14/h1-5,12H,(H,11,14)/b7-5-. The first-order valence-corrected chi connectivity index (χ1v) is 4.03. The van der Waals surface area contributed by atoms with Crippen LogP contribution in [-0.2, 0) is 4.79 Å². The number of ketones is 1. The van der Waals surface area contributed by atoms with Crippen molar-refractivity contribution >= 4 is 17.4 Å². The van der Waals surface area contributed by atoms with E-state index in [1.165, 1.54) is 0 Å². The number of benzene rings is 1. The molecule has 0 bridgehead atoms. The van der Waals surface area contributed by atoms with E-state index < -0.39 is 11.7 Å². The van der Waals surface area contributed by atoms with Crippen molar-refractivity contribution in [1.29, 1.82) is 0 Å². The summed E-state index contributed by atoms with van der Waals surface area (Å²) in [7, 11) is 0. The first kappa shape index (κ1) is 8.50. The van der Waals surface area contributed by atoms with E-state index in [1.807, 2.05) is 0 Å². The molecule has 0 spiro atoms. The van der Waals surface area contributed by atoms with Gasteiger partial charge in [0, 0.05) is 5.56 Å². The van der Waals surface area contributed by atoms with Crippen LogP contribution in [0.2, 0.25) is 0 Å². The lowest BCUT2D eigenvalue weighted by Gasteiger charge is -2.16. The number of hydrogen-bond donors (Lipinski definition) is 2. The molecule has 14 heavy (non-hydrogen) atoms. The summed E-state index contributed by atoms with van der Waals surface area (Å²) < 4.78 is 0. The fourth-order valence-electron chi connectivity index (χ4n) is 1.35. The summed E-state index contributed by atoms with van der Waals surface area (Å²) in [5, 5.41) is 11.2. The molecule has 1 heterocycles. The van der Waals surface area contributed by atoms with E-state index >= 15 is 0 Å². The van der Waals surface area contributed by atoms with Crippen LogP contribution in [0.4, 0.5) is 5.69 Å². The van der Waals surface area contributed by atoms with Crippen LogP contribution in [-0.4, -0.2) is 16.8 Å². The predicted molar refractivity (Wildman–Crippen MR) is 50.1 cm³/mol. The second-order valence-corrected chi connectivity index (χ2v) is 2.87. The highest BCUT2D eigenvalue weighted by molar-refractivity contribution is 6.33. The number of Topliss-reactive ketones (excluding diaryl/α,β-unsaturated/α-hetero) is 1. The Kier molecular flexibility index (Phi) is 1.81. The Morgan fingerprint density at radius 3 is 2.64 bits per heavy atom. The highest BCUT2D eigenvalue weighted by atomic mass is 16.2. The van der Waals surface area contributed by atoms with Crippen LogP contribution >= 0.6 is 0 Å². The van der Waals surface area contributed by atoms with Gasteiger partial charge in [0.15, 0.2) is 0 Å². The minimum absolute atomic E-state index is 0.233. The average molecular weight is 189 g/mol. The normalized spacial score (nSPS) is 17.9. The largest absolute Gasteiger partial charge is 0.515 e. The molecular weight excluding hydrogens is 182 g/mol. The molecule has 0 atom stereocenters. The van der Waals surface area contributed by atoms with E-state index in [2.05, 4.69) is 5.32 Å². The van der Waals surface area contributed by atoms with E-state index in [-0.39, 0.29) is 5.57 Å². The molecule has 0 fully saturated rings. The zero-order valence-corrected chi connectivity index (χ0v) is 7.15. The number of nitrogens with one attached hydrogen (secondary N) is 1. The van der Waals surface area contributed by atoms with Gasteiger partial charge in [-0.2, -0.15) is 0 Å². The summed E-state index contributed by atoms with van der Waals surface area (Å²) in [6, 6.07) is 6.66. The summed E-state index contributed by atoms with van der Waals surface area (Å²) in [6.07, 6.45) is 0.535. The zero-order chi connectivity index (χ0) is 10.1. The lowest BCUT2D eigenvalue weighted by atomic mass is 9.98. The van der Waals surface area contributed by atoms with Gasteiger partial charge in [-0.05, 0) is 12.1 Å². The topological polar surface area (TPSA) is 66.4 Å². The maximum atomic E-state index is 11.6. The molecular formula is C10H7NO3. The predicted octanol–water partition coefficient (Wildman–Crippen LogP) is 1.26. The molecule has 0 saturated carbocycles. The smallest absolute Gasteiger partial charge is 0.262 e. The highest BCUT2D eigenvalue weighted by Crippen LogP contribution is 2.24. The van der Waals surface area contributed by atoms with Gasteiger partial charge < -0.3 is 10.4 Å². The second kappa shape index (κ2) is 2.99. The fraction of sp³-hybridized carbons (Fsp3) is 0. The number of aliphatic hydroxyl groups is 1. The molecule has 0 aromatic heterocycles. The number of carbonyl (C=O) groups excluding carboxylic acids is 2. The van der Waals surface area contributed by atoms with Crippen molar-refractivity contribution in [2.45, 2.75) is 0 Å². The number of carbonyl (C=O) groups is 2.